The molecule has 0 saturated carbocycles. The zero-order valence-corrected chi connectivity index (χ0v) is 24.2. The van der Waals surface area contributed by atoms with Crippen LogP contribution in [0.1, 0.15) is 29.8 Å². The van der Waals surface area contributed by atoms with Crippen molar-refractivity contribution < 1.29 is 29.0 Å². The largest absolute Gasteiger partial charge is 0.497 e. The molecule has 0 spiro atoms. The number of carbonyl (C=O) groups excluding carboxylic acids is 3. The minimum absolute atomic E-state index is 0.0197. The van der Waals surface area contributed by atoms with Crippen LogP contribution in [0, 0.1) is 5.92 Å². The number of pyridine rings is 1. The number of aliphatic hydroxyl groups is 1. The van der Waals surface area contributed by atoms with Gasteiger partial charge in [0.25, 0.3) is 5.91 Å². The number of hydrogen-bond acceptors (Lipinski definition) is 7. The first-order valence-electron chi connectivity index (χ1n) is 13.8. The molecule has 3 aromatic rings. The molecule has 0 fully saturated rings. The lowest BCUT2D eigenvalue weighted by Gasteiger charge is -2.34. The monoisotopic (exact) mass is 575 g/mol. The van der Waals surface area contributed by atoms with Crippen molar-refractivity contribution in [2.75, 3.05) is 44.5 Å². The Morgan fingerprint density at radius 2 is 1.81 bits per heavy atom. The molecule has 0 aliphatic carbocycles. The third-order valence-electron chi connectivity index (χ3n) is 7.26. The first kappa shape index (κ1) is 30.3. The molecule has 222 valence electrons. The zero-order chi connectivity index (χ0) is 30.2. The summed E-state index contributed by atoms with van der Waals surface area (Å²) < 4.78 is 11.7. The van der Waals surface area contributed by atoms with Crippen molar-refractivity contribution in [2.24, 2.45) is 5.92 Å². The van der Waals surface area contributed by atoms with Crippen molar-refractivity contribution in [1.29, 1.82) is 0 Å². The number of fused-ring (bicyclic) bond motifs is 1. The van der Waals surface area contributed by atoms with E-state index in [-0.39, 0.29) is 43.3 Å². The number of amides is 4. The Morgan fingerprint density at radius 1 is 1.12 bits per heavy atom. The molecule has 11 heteroatoms. The second-order valence-corrected chi connectivity index (χ2v) is 10.4. The van der Waals surface area contributed by atoms with Gasteiger partial charge in [-0.25, -0.2) is 4.79 Å². The van der Waals surface area contributed by atoms with E-state index in [1.165, 1.54) is 17.3 Å². The number of aliphatic hydroxyl groups excluding tert-OH is 1. The highest BCUT2D eigenvalue weighted by Crippen LogP contribution is 2.29. The highest BCUT2D eigenvalue weighted by atomic mass is 16.5. The molecule has 2 heterocycles. The van der Waals surface area contributed by atoms with Crippen LogP contribution in [0.25, 0.3) is 0 Å². The summed E-state index contributed by atoms with van der Waals surface area (Å²) in [6.45, 7) is 4.12. The number of urea groups is 1. The summed E-state index contributed by atoms with van der Waals surface area (Å²) in [6, 6.07) is 14.7. The summed E-state index contributed by atoms with van der Waals surface area (Å²) >= 11 is 0. The SMILES string of the molecule is COc1ccc(NC(=O)N(C)C[C@@H]2Oc3ccc(NC(=O)c4ccncc4)cc3CC(=O)N([C@@H](C)CO)C[C@H]2C)cc1. The van der Waals surface area contributed by atoms with E-state index in [9.17, 15) is 19.5 Å². The molecule has 4 rings (SSSR count). The smallest absolute Gasteiger partial charge is 0.321 e. The second-order valence-electron chi connectivity index (χ2n) is 10.4. The molecule has 1 aromatic heterocycles. The quantitative estimate of drug-likeness (QED) is 0.373. The Kier molecular flexibility index (Phi) is 9.98. The normalized spacial score (nSPS) is 17.5. The van der Waals surface area contributed by atoms with Crippen molar-refractivity contribution in [2.45, 2.75) is 32.4 Å². The molecule has 4 amide bonds. The fraction of sp³-hybridized carbons (Fsp3) is 0.355. The number of methoxy groups -OCH3 is 1. The van der Waals surface area contributed by atoms with E-state index in [1.807, 2.05) is 6.92 Å². The molecule has 0 saturated heterocycles. The summed E-state index contributed by atoms with van der Waals surface area (Å²) in [5.41, 5.74) is 2.17. The van der Waals surface area contributed by atoms with Crippen LogP contribution in [0.3, 0.4) is 0 Å². The molecule has 0 radical (unpaired) electrons. The average molecular weight is 576 g/mol. The van der Waals surface area contributed by atoms with Gasteiger partial charge in [0.2, 0.25) is 5.91 Å². The van der Waals surface area contributed by atoms with Crippen LogP contribution >= 0.6 is 0 Å². The molecule has 11 nitrogen and oxygen atoms in total. The number of rotatable bonds is 8. The average Bonchev–Trinajstić information content (AvgIpc) is 3.04. The molecule has 0 unspecified atom stereocenters. The number of ether oxygens (including phenoxy) is 2. The van der Waals surface area contributed by atoms with Crippen LogP contribution in [0.4, 0.5) is 16.2 Å². The maximum atomic E-state index is 13.5. The molecular weight excluding hydrogens is 538 g/mol. The van der Waals surface area contributed by atoms with Gasteiger partial charge in [0.15, 0.2) is 0 Å². The zero-order valence-electron chi connectivity index (χ0n) is 24.2. The van der Waals surface area contributed by atoms with Crippen LogP contribution in [-0.2, 0) is 11.2 Å². The van der Waals surface area contributed by atoms with E-state index in [1.54, 1.807) is 80.6 Å². The van der Waals surface area contributed by atoms with Crippen molar-refractivity contribution in [3.05, 3.63) is 78.1 Å². The van der Waals surface area contributed by atoms with Gasteiger partial charge in [0.05, 0.1) is 32.7 Å². The van der Waals surface area contributed by atoms with E-state index in [4.69, 9.17) is 9.47 Å². The van der Waals surface area contributed by atoms with Crippen LogP contribution in [0.15, 0.2) is 67.0 Å². The fourth-order valence-corrected chi connectivity index (χ4v) is 4.68. The van der Waals surface area contributed by atoms with E-state index < -0.39 is 12.1 Å². The number of nitrogens with one attached hydrogen (secondary N) is 2. The molecule has 1 aliphatic rings. The Balaban J connectivity index is 1.57. The minimum atomic E-state index is -0.480. The van der Waals surface area contributed by atoms with Gasteiger partial charge in [-0.2, -0.15) is 0 Å². The van der Waals surface area contributed by atoms with E-state index in [0.717, 1.165) is 0 Å². The summed E-state index contributed by atoms with van der Waals surface area (Å²) in [5.74, 6) is 0.515. The van der Waals surface area contributed by atoms with Crippen molar-refractivity contribution in [3.8, 4) is 11.5 Å². The van der Waals surface area contributed by atoms with Gasteiger partial charge in [-0.3, -0.25) is 14.6 Å². The van der Waals surface area contributed by atoms with Crippen molar-refractivity contribution >= 4 is 29.2 Å². The van der Waals surface area contributed by atoms with Gasteiger partial charge >= 0.3 is 6.03 Å². The van der Waals surface area contributed by atoms with E-state index in [2.05, 4.69) is 15.6 Å². The summed E-state index contributed by atoms with van der Waals surface area (Å²) in [5, 5.41) is 15.6. The lowest BCUT2D eigenvalue weighted by atomic mass is 10.0. The lowest BCUT2D eigenvalue weighted by molar-refractivity contribution is -0.134. The second kappa shape index (κ2) is 13.8. The van der Waals surface area contributed by atoms with Gasteiger partial charge in [0, 0.05) is 54.4 Å². The Labute approximate surface area is 245 Å². The summed E-state index contributed by atoms with van der Waals surface area (Å²) in [4.78, 5) is 46.3. The summed E-state index contributed by atoms with van der Waals surface area (Å²) in [6.07, 6.45) is 2.62. The molecule has 3 atom stereocenters. The van der Waals surface area contributed by atoms with Crippen LogP contribution < -0.4 is 20.1 Å². The van der Waals surface area contributed by atoms with Gasteiger partial charge in [-0.1, -0.05) is 6.92 Å². The van der Waals surface area contributed by atoms with Crippen molar-refractivity contribution in [3.63, 3.8) is 0 Å². The highest BCUT2D eigenvalue weighted by molar-refractivity contribution is 6.04. The fourth-order valence-electron chi connectivity index (χ4n) is 4.68. The maximum Gasteiger partial charge on any atom is 0.321 e. The number of likely N-dealkylation sites (N-methyl/N-ethyl adjacent to an activating group) is 1. The Hall–Kier alpha value is -4.64. The first-order valence-corrected chi connectivity index (χ1v) is 13.8. The van der Waals surface area contributed by atoms with Gasteiger partial charge in [0.1, 0.15) is 17.6 Å². The standard InChI is InChI=1S/C31H37N5O6/c1-20-17-36(21(2)19-37)29(38)16-23-15-25(33-30(39)22-11-13-32-14-12-22)7-10-27(23)42-28(20)18-35(3)31(40)34-24-5-8-26(41-4)9-6-24/h5-15,20-21,28,37H,16-19H2,1-4H3,(H,33,39)(H,34,40)/t20-,21+,28+/m1/s1. The Bertz CT molecular complexity index is 1380. The summed E-state index contributed by atoms with van der Waals surface area (Å²) in [7, 11) is 3.26. The predicted molar refractivity (Wildman–Crippen MR) is 159 cm³/mol. The number of nitrogens with zero attached hydrogens (tertiary/aromatic N) is 3. The molecule has 1 aliphatic heterocycles. The molecule has 0 bridgehead atoms. The molecule has 2 aromatic carbocycles. The molecule has 42 heavy (non-hydrogen) atoms. The lowest BCUT2D eigenvalue weighted by Crippen LogP contribution is -2.48. The Morgan fingerprint density at radius 3 is 2.48 bits per heavy atom. The number of carbonyl (C=O) groups is 3. The third kappa shape index (κ3) is 7.55. The van der Waals surface area contributed by atoms with Crippen LogP contribution in [-0.4, -0.2) is 83.7 Å². The van der Waals surface area contributed by atoms with E-state index >= 15 is 0 Å². The predicted octanol–water partition coefficient (Wildman–Crippen LogP) is 3.66. The first-order chi connectivity index (χ1) is 20.2. The van der Waals surface area contributed by atoms with Gasteiger partial charge in [-0.05, 0) is 61.5 Å². The van der Waals surface area contributed by atoms with Gasteiger partial charge in [-0.15, -0.1) is 0 Å². The topological polar surface area (TPSA) is 133 Å². The number of aromatic nitrogens is 1. The minimum Gasteiger partial charge on any atom is -0.497 e. The third-order valence-corrected chi connectivity index (χ3v) is 7.26. The highest BCUT2D eigenvalue weighted by Gasteiger charge is 2.32. The molecule has 3 N–H and O–H groups in total. The van der Waals surface area contributed by atoms with E-state index in [0.29, 0.717) is 40.5 Å². The van der Waals surface area contributed by atoms with Crippen LogP contribution in [0.2, 0.25) is 0 Å². The maximum absolute atomic E-state index is 13.5. The molecular formula is C31H37N5O6. The number of hydrogen-bond donors (Lipinski definition) is 3. The number of anilines is 2. The van der Waals surface area contributed by atoms with Crippen molar-refractivity contribution in [1.82, 2.24) is 14.8 Å². The van der Waals surface area contributed by atoms with Crippen LogP contribution in [0.5, 0.6) is 11.5 Å². The number of benzene rings is 2. The van der Waals surface area contributed by atoms with Gasteiger partial charge < -0.3 is 35.0 Å².